The zero-order chi connectivity index (χ0) is 13.1. The molecule has 0 radical (unpaired) electrons. The number of hydrogen-bond donors (Lipinski definition) is 1. The van der Waals surface area contributed by atoms with Crippen LogP contribution in [0, 0.1) is 0 Å². The Morgan fingerprint density at radius 1 is 1.33 bits per heavy atom. The van der Waals surface area contributed by atoms with Crippen molar-refractivity contribution in [1.82, 2.24) is 5.32 Å². The van der Waals surface area contributed by atoms with Gasteiger partial charge in [-0.05, 0) is 35.7 Å². The van der Waals surface area contributed by atoms with E-state index in [2.05, 4.69) is 48.8 Å². The van der Waals surface area contributed by atoms with E-state index in [1.807, 2.05) is 0 Å². The zero-order valence-electron chi connectivity index (χ0n) is 11.1. The number of rotatable bonds is 5. The molecule has 96 valence electrons. The maximum Gasteiger partial charge on any atom is 0.147 e. The van der Waals surface area contributed by atoms with Gasteiger partial charge in [-0.3, -0.25) is 4.79 Å². The molecule has 1 aromatic carbocycles. The summed E-state index contributed by atoms with van der Waals surface area (Å²) in [6.07, 6.45) is 0.775. The van der Waals surface area contributed by atoms with Crippen molar-refractivity contribution in [2.75, 3.05) is 0 Å². The van der Waals surface area contributed by atoms with Crippen LogP contribution in [-0.4, -0.2) is 17.9 Å². The molecule has 1 unspecified atom stereocenters. The lowest BCUT2D eigenvalue weighted by atomic mass is 10.0. The molecule has 18 heavy (non-hydrogen) atoms. The van der Waals surface area contributed by atoms with E-state index in [0.717, 1.165) is 6.42 Å². The quantitative estimate of drug-likeness (QED) is 0.893. The molecule has 0 aliphatic rings. The van der Waals surface area contributed by atoms with Gasteiger partial charge < -0.3 is 5.32 Å². The second-order valence-electron chi connectivity index (χ2n) is 4.95. The van der Waals surface area contributed by atoms with Gasteiger partial charge in [0.15, 0.2) is 0 Å². The molecule has 0 aliphatic heterocycles. The van der Waals surface area contributed by atoms with E-state index in [-0.39, 0.29) is 11.8 Å². The minimum absolute atomic E-state index is 0.0805. The largest absolute Gasteiger partial charge is 0.305 e. The molecule has 1 aromatic heterocycles. The summed E-state index contributed by atoms with van der Waals surface area (Å²) in [6.45, 7) is 5.80. The van der Waals surface area contributed by atoms with Gasteiger partial charge in [-0.25, -0.2) is 0 Å². The van der Waals surface area contributed by atoms with Crippen molar-refractivity contribution < 1.29 is 4.79 Å². The third kappa shape index (κ3) is 2.98. The van der Waals surface area contributed by atoms with Crippen molar-refractivity contribution in [3.05, 3.63) is 35.2 Å². The van der Waals surface area contributed by atoms with E-state index in [4.69, 9.17) is 0 Å². The average molecular weight is 261 g/mol. The molecule has 0 spiro atoms. The van der Waals surface area contributed by atoms with Crippen LogP contribution in [0.2, 0.25) is 0 Å². The second kappa shape index (κ2) is 5.63. The highest BCUT2D eigenvalue weighted by Crippen LogP contribution is 2.26. The van der Waals surface area contributed by atoms with Crippen LogP contribution in [0.3, 0.4) is 0 Å². The first-order valence-corrected chi connectivity index (χ1v) is 7.17. The Morgan fingerprint density at radius 2 is 2.06 bits per heavy atom. The SMILES string of the molecule is CC(=O)C(Cc1csc2ccccc12)NC(C)C. The Balaban J connectivity index is 2.23. The molecule has 0 saturated heterocycles. The van der Waals surface area contributed by atoms with E-state index < -0.39 is 0 Å². The van der Waals surface area contributed by atoms with Crippen LogP contribution in [-0.2, 0) is 11.2 Å². The first-order valence-electron chi connectivity index (χ1n) is 6.29. The molecule has 2 aromatic rings. The number of fused-ring (bicyclic) bond motifs is 1. The summed E-state index contributed by atoms with van der Waals surface area (Å²) in [5.74, 6) is 0.207. The Kier molecular flexibility index (Phi) is 4.15. The van der Waals surface area contributed by atoms with Crippen LogP contribution in [0.15, 0.2) is 29.6 Å². The second-order valence-corrected chi connectivity index (χ2v) is 5.86. The molecular weight excluding hydrogens is 242 g/mol. The Hall–Kier alpha value is -1.19. The first kappa shape index (κ1) is 13.2. The highest BCUT2D eigenvalue weighted by Gasteiger charge is 2.17. The number of benzene rings is 1. The third-order valence-corrected chi connectivity index (χ3v) is 4.02. The van der Waals surface area contributed by atoms with Gasteiger partial charge in [0.2, 0.25) is 0 Å². The van der Waals surface area contributed by atoms with Crippen LogP contribution in [0.1, 0.15) is 26.3 Å². The van der Waals surface area contributed by atoms with Gasteiger partial charge in [-0.2, -0.15) is 0 Å². The van der Waals surface area contributed by atoms with Crippen molar-refractivity contribution in [2.45, 2.75) is 39.3 Å². The van der Waals surface area contributed by atoms with Crippen molar-refractivity contribution in [2.24, 2.45) is 0 Å². The van der Waals surface area contributed by atoms with E-state index in [1.54, 1.807) is 18.3 Å². The molecule has 3 heteroatoms. The Morgan fingerprint density at radius 3 is 2.72 bits per heavy atom. The first-order chi connectivity index (χ1) is 8.58. The highest BCUT2D eigenvalue weighted by molar-refractivity contribution is 7.17. The van der Waals surface area contributed by atoms with E-state index >= 15 is 0 Å². The van der Waals surface area contributed by atoms with Gasteiger partial charge in [0.1, 0.15) is 5.78 Å². The normalized spacial score (nSPS) is 13.1. The summed E-state index contributed by atoms with van der Waals surface area (Å²) in [5.41, 5.74) is 1.27. The van der Waals surface area contributed by atoms with Gasteiger partial charge >= 0.3 is 0 Å². The topological polar surface area (TPSA) is 29.1 Å². The lowest BCUT2D eigenvalue weighted by Gasteiger charge is -2.18. The predicted molar refractivity (Wildman–Crippen MR) is 78.3 cm³/mol. The summed E-state index contributed by atoms with van der Waals surface area (Å²) in [7, 11) is 0. The van der Waals surface area contributed by atoms with Crippen LogP contribution >= 0.6 is 11.3 Å². The molecule has 0 fully saturated rings. The van der Waals surface area contributed by atoms with Gasteiger partial charge in [0, 0.05) is 10.7 Å². The smallest absolute Gasteiger partial charge is 0.147 e. The van der Waals surface area contributed by atoms with Gasteiger partial charge in [0.25, 0.3) is 0 Å². The number of carbonyl (C=O) groups is 1. The molecule has 1 N–H and O–H groups in total. The summed E-state index contributed by atoms with van der Waals surface area (Å²) in [6, 6.07) is 8.61. The molecule has 2 nitrogen and oxygen atoms in total. The van der Waals surface area contributed by atoms with Crippen LogP contribution < -0.4 is 5.32 Å². The number of ketones is 1. The summed E-state index contributed by atoms with van der Waals surface area (Å²) < 4.78 is 1.29. The fraction of sp³-hybridized carbons (Fsp3) is 0.400. The van der Waals surface area contributed by atoms with Crippen molar-refractivity contribution in [3.63, 3.8) is 0 Å². The molecule has 2 rings (SSSR count). The maximum absolute atomic E-state index is 11.7. The fourth-order valence-electron chi connectivity index (χ4n) is 2.13. The highest BCUT2D eigenvalue weighted by atomic mass is 32.1. The molecule has 0 saturated carbocycles. The summed E-state index contributed by atoms with van der Waals surface area (Å²) in [5, 5.41) is 6.78. The third-order valence-electron chi connectivity index (χ3n) is 3.01. The fourth-order valence-corrected chi connectivity index (χ4v) is 3.11. The number of carbonyl (C=O) groups excluding carboxylic acids is 1. The summed E-state index contributed by atoms with van der Waals surface area (Å²) >= 11 is 1.75. The molecule has 0 bridgehead atoms. The Bertz CT molecular complexity index is 544. The average Bonchev–Trinajstić information content (AvgIpc) is 2.71. The number of thiophene rings is 1. The van der Waals surface area contributed by atoms with Crippen molar-refractivity contribution >= 4 is 27.2 Å². The maximum atomic E-state index is 11.7. The molecule has 0 amide bonds. The van der Waals surface area contributed by atoms with E-state index in [9.17, 15) is 4.79 Å². The van der Waals surface area contributed by atoms with Gasteiger partial charge in [-0.1, -0.05) is 32.0 Å². The number of nitrogens with one attached hydrogen (secondary N) is 1. The molecule has 0 aliphatic carbocycles. The number of hydrogen-bond acceptors (Lipinski definition) is 3. The van der Waals surface area contributed by atoms with Crippen LogP contribution in [0.4, 0.5) is 0 Å². The van der Waals surface area contributed by atoms with Crippen molar-refractivity contribution in [3.8, 4) is 0 Å². The summed E-state index contributed by atoms with van der Waals surface area (Å²) in [4.78, 5) is 11.7. The van der Waals surface area contributed by atoms with E-state index in [1.165, 1.54) is 15.6 Å². The zero-order valence-corrected chi connectivity index (χ0v) is 11.9. The lowest BCUT2D eigenvalue weighted by Crippen LogP contribution is -2.41. The standard InChI is InChI=1S/C15H19NOS/c1-10(2)16-14(11(3)17)8-12-9-18-15-7-5-4-6-13(12)15/h4-7,9-10,14,16H,8H2,1-3H3. The monoisotopic (exact) mass is 261 g/mol. The van der Waals surface area contributed by atoms with Gasteiger partial charge in [0.05, 0.1) is 6.04 Å². The minimum atomic E-state index is -0.0805. The van der Waals surface area contributed by atoms with E-state index in [0.29, 0.717) is 6.04 Å². The van der Waals surface area contributed by atoms with Crippen LogP contribution in [0.5, 0.6) is 0 Å². The molecule has 1 atom stereocenters. The predicted octanol–water partition coefficient (Wildman–Crippen LogP) is 3.40. The van der Waals surface area contributed by atoms with Crippen molar-refractivity contribution in [1.29, 1.82) is 0 Å². The van der Waals surface area contributed by atoms with Gasteiger partial charge in [-0.15, -0.1) is 11.3 Å². The Labute approximate surface area is 112 Å². The van der Waals surface area contributed by atoms with Crippen LogP contribution in [0.25, 0.3) is 10.1 Å². The minimum Gasteiger partial charge on any atom is -0.305 e. The number of Topliss-reactive ketones (excluding diaryl/α,β-unsaturated/α-hetero) is 1. The lowest BCUT2D eigenvalue weighted by molar-refractivity contribution is -0.119. The molecular formula is C15H19NOS. The molecule has 1 heterocycles.